The lowest BCUT2D eigenvalue weighted by Crippen LogP contribution is -2.07. The van der Waals surface area contributed by atoms with Crippen molar-refractivity contribution in [3.63, 3.8) is 0 Å². The summed E-state index contributed by atoms with van der Waals surface area (Å²) < 4.78 is 11.2. The van der Waals surface area contributed by atoms with E-state index >= 15 is 0 Å². The van der Waals surface area contributed by atoms with Gasteiger partial charge in [0.2, 0.25) is 0 Å². The summed E-state index contributed by atoms with van der Waals surface area (Å²) in [6.07, 6.45) is 0. The van der Waals surface area contributed by atoms with Crippen LogP contribution in [0.25, 0.3) is 111 Å². The standard InChI is InChI=1S/C51H29N5OS/c1-2-13-31-28-32(25-24-30(31)12-1)48-52-49(33-26-27-35-34-14-5-9-21-42(34)57-43(35)29-33)54-50(53-48)37-16-4-7-19-40(37)55-39-18-6-3-15-36(39)46-38-17-11-23-45-47(38)56(51(46)55)41-20-8-10-22-44(41)58-45/h1-29H. The topological polar surface area (TPSA) is 61.7 Å². The van der Waals surface area contributed by atoms with Crippen molar-refractivity contribution in [1.29, 1.82) is 0 Å². The number of furan rings is 1. The molecule has 0 atom stereocenters. The fourth-order valence-electron chi connectivity index (χ4n) is 8.98. The van der Waals surface area contributed by atoms with Gasteiger partial charge in [0.05, 0.1) is 22.4 Å². The van der Waals surface area contributed by atoms with Crippen molar-refractivity contribution in [2.24, 2.45) is 0 Å². The van der Waals surface area contributed by atoms with Gasteiger partial charge in [-0.3, -0.25) is 9.13 Å². The first-order valence-corrected chi connectivity index (χ1v) is 20.2. The molecule has 12 aromatic rings. The molecule has 7 heteroatoms. The minimum absolute atomic E-state index is 0.576. The van der Waals surface area contributed by atoms with Gasteiger partial charge in [0.1, 0.15) is 16.8 Å². The highest BCUT2D eigenvalue weighted by Gasteiger charge is 2.29. The molecule has 5 heterocycles. The van der Waals surface area contributed by atoms with Gasteiger partial charge in [0.25, 0.3) is 0 Å². The van der Waals surface area contributed by atoms with Crippen molar-refractivity contribution < 1.29 is 4.42 Å². The molecule has 0 saturated heterocycles. The highest BCUT2D eigenvalue weighted by atomic mass is 32.2. The van der Waals surface area contributed by atoms with Gasteiger partial charge in [-0.2, -0.15) is 0 Å². The fraction of sp³-hybridized carbons (Fsp3) is 0. The summed E-state index contributed by atoms with van der Waals surface area (Å²) >= 11 is 1.84. The van der Waals surface area contributed by atoms with E-state index in [2.05, 4.69) is 167 Å². The van der Waals surface area contributed by atoms with E-state index in [9.17, 15) is 0 Å². The molecule has 0 unspecified atom stereocenters. The van der Waals surface area contributed by atoms with Crippen molar-refractivity contribution in [1.82, 2.24) is 24.1 Å². The quantitative estimate of drug-likeness (QED) is 0.179. The van der Waals surface area contributed by atoms with Crippen molar-refractivity contribution in [3.8, 4) is 45.5 Å². The highest BCUT2D eigenvalue weighted by Crippen LogP contribution is 2.50. The second-order valence-electron chi connectivity index (χ2n) is 14.8. The number of rotatable bonds is 4. The zero-order valence-electron chi connectivity index (χ0n) is 30.8. The Bertz CT molecular complexity index is 3690. The summed E-state index contributed by atoms with van der Waals surface area (Å²) in [7, 11) is 0. The van der Waals surface area contributed by atoms with Gasteiger partial charge in [0.15, 0.2) is 17.5 Å². The molecule has 8 aromatic carbocycles. The highest BCUT2D eigenvalue weighted by molar-refractivity contribution is 7.99. The molecule has 0 saturated carbocycles. The van der Waals surface area contributed by atoms with Gasteiger partial charge in [-0.25, -0.2) is 15.0 Å². The predicted molar refractivity (Wildman–Crippen MR) is 236 cm³/mol. The molecule has 0 amide bonds. The molecular formula is C51H29N5OS. The summed E-state index contributed by atoms with van der Waals surface area (Å²) in [4.78, 5) is 18.3. The average Bonchev–Trinajstić information content (AvgIpc) is 3.94. The van der Waals surface area contributed by atoms with Gasteiger partial charge < -0.3 is 4.42 Å². The smallest absolute Gasteiger partial charge is 0.166 e. The van der Waals surface area contributed by atoms with Crippen LogP contribution < -0.4 is 0 Å². The zero-order valence-corrected chi connectivity index (χ0v) is 31.6. The Balaban J connectivity index is 1.10. The van der Waals surface area contributed by atoms with Crippen LogP contribution in [0.1, 0.15) is 0 Å². The molecule has 6 nitrogen and oxygen atoms in total. The van der Waals surface area contributed by atoms with Crippen LogP contribution in [0.4, 0.5) is 0 Å². The second-order valence-corrected chi connectivity index (χ2v) is 15.9. The van der Waals surface area contributed by atoms with E-state index in [4.69, 9.17) is 19.4 Å². The van der Waals surface area contributed by atoms with Crippen molar-refractivity contribution in [2.75, 3.05) is 0 Å². The summed E-state index contributed by atoms with van der Waals surface area (Å²) in [5.74, 6) is 1.77. The van der Waals surface area contributed by atoms with Crippen LogP contribution >= 0.6 is 11.8 Å². The van der Waals surface area contributed by atoms with Gasteiger partial charge in [0, 0.05) is 53.4 Å². The van der Waals surface area contributed by atoms with E-state index in [0.29, 0.717) is 17.5 Å². The van der Waals surface area contributed by atoms with E-state index < -0.39 is 0 Å². The molecule has 0 radical (unpaired) electrons. The average molecular weight is 760 g/mol. The molecule has 58 heavy (non-hydrogen) atoms. The van der Waals surface area contributed by atoms with Gasteiger partial charge in [-0.15, -0.1) is 0 Å². The Labute approximate surface area is 335 Å². The van der Waals surface area contributed by atoms with Crippen LogP contribution in [0.2, 0.25) is 0 Å². The molecule has 270 valence electrons. The van der Waals surface area contributed by atoms with Crippen LogP contribution in [0.5, 0.6) is 0 Å². The molecule has 0 fully saturated rings. The lowest BCUT2D eigenvalue weighted by atomic mass is 10.1. The Morgan fingerprint density at radius 1 is 0.431 bits per heavy atom. The maximum Gasteiger partial charge on any atom is 0.166 e. The minimum Gasteiger partial charge on any atom is -0.456 e. The van der Waals surface area contributed by atoms with Crippen molar-refractivity contribution >= 4 is 77.3 Å². The van der Waals surface area contributed by atoms with Gasteiger partial charge in [-0.1, -0.05) is 127 Å². The van der Waals surface area contributed by atoms with Crippen LogP contribution in [0.3, 0.4) is 0 Å². The third-order valence-corrected chi connectivity index (χ3v) is 12.7. The maximum absolute atomic E-state index is 6.35. The summed E-state index contributed by atoms with van der Waals surface area (Å²) in [5, 5.41) is 8.10. The Morgan fingerprint density at radius 3 is 2.00 bits per heavy atom. The number of aromatic nitrogens is 5. The molecule has 1 aliphatic rings. The largest absolute Gasteiger partial charge is 0.456 e. The summed E-state index contributed by atoms with van der Waals surface area (Å²) in [6.45, 7) is 0. The lowest BCUT2D eigenvalue weighted by Gasteiger charge is -2.21. The Morgan fingerprint density at radius 2 is 1.09 bits per heavy atom. The second kappa shape index (κ2) is 12.0. The van der Waals surface area contributed by atoms with Gasteiger partial charge in [-0.05, 0) is 71.4 Å². The maximum atomic E-state index is 6.35. The van der Waals surface area contributed by atoms with Crippen LogP contribution in [-0.4, -0.2) is 24.1 Å². The normalized spacial score (nSPS) is 12.4. The van der Waals surface area contributed by atoms with Crippen molar-refractivity contribution in [3.05, 3.63) is 176 Å². The predicted octanol–water partition coefficient (Wildman–Crippen LogP) is 13.4. The first kappa shape index (κ1) is 31.7. The molecule has 1 aliphatic heterocycles. The minimum atomic E-state index is 0.576. The molecule has 0 aliphatic carbocycles. The third kappa shape index (κ3) is 4.53. The molecule has 0 spiro atoms. The number of benzene rings is 8. The lowest BCUT2D eigenvalue weighted by molar-refractivity contribution is 0.669. The van der Waals surface area contributed by atoms with Crippen LogP contribution in [0.15, 0.2) is 190 Å². The van der Waals surface area contributed by atoms with Crippen LogP contribution in [-0.2, 0) is 0 Å². The van der Waals surface area contributed by atoms with E-state index in [1.807, 2.05) is 30.0 Å². The zero-order chi connectivity index (χ0) is 37.9. The van der Waals surface area contributed by atoms with E-state index in [1.54, 1.807) is 0 Å². The molecular weight excluding hydrogens is 731 g/mol. The van der Waals surface area contributed by atoms with E-state index in [-0.39, 0.29) is 0 Å². The molecule has 13 rings (SSSR count). The number of para-hydroxylation sites is 5. The summed E-state index contributed by atoms with van der Waals surface area (Å²) in [6, 6.07) is 61.8. The molecule has 4 aromatic heterocycles. The number of fused-ring (bicyclic) bond motifs is 11. The fourth-order valence-corrected chi connectivity index (χ4v) is 10.1. The monoisotopic (exact) mass is 759 g/mol. The Kier molecular flexibility index (Phi) is 6.56. The first-order valence-electron chi connectivity index (χ1n) is 19.4. The van der Waals surface area contributed by atoms with Crippen LogP contribution in [0, 0.1) is 0 Å². The molecule has 0 bridgehead atoms. The molecule has 0 N–H and O–H groups in total. The number of hydrogen-bond donors (Lipinski definition) is 0. The third-order valence-electron chi connectivity index (χ3n) is 11.5. The Hall–Kier alpha value is -7.48. The van der Waals surface area contributed by atoms with E-state index in [0.717, 1.165) is 66.3 Å². The number of hydrogen-bond acceptors (Lipinski definition) is 5. The van der Waals surface area contributed by atoms with Crippen molar-refractivity contribution in [2.45, 2.75) is 9.79 Å². The SMILES string of the molecule is c1ccc2c(c1)Sc1cccc3c4c5ccccc5n(-c5ccccc5-c5nc(-c6ccc7ccccc7c6)nc(-c6ccc7c(c6)oc6ccccc67)n5)c4n-2c13. The first-order chi connectivity index (χ1) is 28.7. The van der Waals surface area contributed by atoms with Gasteiger partial charge >= 0.3 is 0 Å². The summed E-state index contributed by atoms with van der Waals surface area (Å²) in [5.41, 5.74) is 9.95. The number of nitrogens with zero attached hydrogens (tertiary/aromatic N) is 5. The van der Waals surface area contributed by atoms with E-state index in [1.165, 1.54) is 37.2 Å².